The van der Waals surface area contributed by atoms with Crippen molar-refractivity contribution in [1.29, 1.82) is 0 Å². The monoisotopic (exact) mass is 376 g/mol. The van der Waals surface area contributed by atoms with E-state index in [0.29, 0.717) is 19.0 Å². The predicted octanol–water partition coefficient (Wildman–Crippen LogP) is 3.61. The number of anilines is 2. The van der Waals surface area contributed by atoms with E-state index in [-0.39, 0.29) is 24.2 Å². The second-order valence-electron chi connectivity index (χ2n) is 7.05. The molecule has 6 heteroatoms. The molecule has 0 spiro atoms. The van der Waals surface area contributed by atoms with Crippen molar-refractivity contribution >= 4 is 34.5 Å². The van der Waals surface area contributed by atoms with Crippen LogP contribution < -0.4 is 10.2 Å². The average Bonchev–Trinajstić information content (AvgIpc) is 3.27. The fourth-order valence-electron chi connectivity index (χ4n) is 3.89. The van der Waals surface area contributed by atoms with Crippen molar-refractivity contribution < 1.29 is 9.59 Å². The first kappa shape index (κ1) is 18.2. The molecule has 0 aliphatic carbocycles. The zero-order valence-corrected chi connectivity index (χ0v) is 16.2. The second-order valence-corrected chi connectivity index (χ2v) is 7.05. The van der Waals surface area contributed by atoms with Gasteiger partial charge < -0.3 is 9.47 Å². The summed E-state index contributed by atoms with van der Waals surface area (Å²) < 4.78 is 1.98. The highest BCUT2D eigenvalue weighted by atomic mass is 16.2. The first-order valence-electron chi connectivity index (χ1n) is 9.76. The molecule has 3 aromatic rings. The molecule has 28 heavy (non-hydrogen) atoms. The average molecular weight is 376 g/mol. The minimum atomic E-state index is -0.387. The van der Waals surface area contributed by atoms with Gasteiger partial charge in [-0.2, -0.15) is 0 Å². The molecule has 6 nitrogen and oxygen atoms in total. The fourth-order valence-corrected chi connectivity index (χ4v) is 3.89. The third-order valence-electron chi connectivity index (χ3n) is 5.36. The third-order valence-corrected chi connectivity index (χ3v) is 5.36. The third kappa shape index (κ3) is 3.15. The van der Waals surface area contributed by atoms with Crippen molar-refractivity contribution in [3.05, 3.63) is 54.1 Å². The molecule has 0 radical (unpaired) electrons. The van der Waals surface area contributed by atoms with Crippen LogP contribution in [0.2, 0.25) is 0 Å². The van der Waals surface area contributed by atoms with Crippen LogP contribution in [0.1, 0.15) is 25.8 Å². The molecule has 1 fully saturated rings. The van der Waals surface area contributed by atoms with E-state index in [0.717, 1.165) is 28.7 Å². The summed E-state index contributed by atoms with van der Waals surface area (Å²) in [5.41, 5.74) is 3.86. The van der Waals surface area contributed by atoms with Gasteiger partial charge in [0.2, 0.25) is 17.8 Å². The zero-order valence-electron chi connectivity index (χ0n) is 16.2. The Hall–Kier alpha value is -3.15. The summed E-state index contributed by atoms with van der Waals surface area (Å²) in [5, 5.41) is 2.95. The highest BCUT2D eigenvalue weighted by molar-refractivity contribution is 6.03. The molecule has 1 N–H and O–H groups in total. The Morgan fingerprint density at radius 2 is 1.89 bits per heavy atom. The first-order valence-corrected chi connectivity index (χ1v) is 9.76. The Labute approximate surface area is 164 Å². The van der Waals surface area contributed by atoms with Gasteiger partial charge in [0.15, 0.2) is 0 Å². The van der Waals surface area contributed by atoms with Crippen LogP contribution in [-0.2, 0) is 22.6 Å². The van der Waals surface area contributed by atoms with Crippen molar-refractivity contribution in [1.82, 2.24) is 9.55 Å². The number of nitrogens with zero attached hydrogens (tertiary/aromatic N) is 3. The molecule has 0 saturated carbocycles. The zero-order chi connectivity index (χ0) is 19.7. The fraction of sp³-hybridized carbons (Fsp3) is 0.318. The number of benzene rings is 2. The molecule has 144 valence electrons. The van der Waals surface area contributed by atoms with E-state index in [4.69, 9.17) is 0 Å². The largest absolute Gasteiger partial charge is 0.311 e. The maximum Gasteiger partial charge on any atom is 0.232 e. The van der Waals surface area contributed by atoms with Gasteiger partial charge in [0.05, 0.1) is 17.0 Å². The van der Waals surface area contributed by atoms with Gasteiger partial charge in [0.1, 0.15) is 0 Å². The van der Waals surface area contributed by atoms with Crippen LogP contribution in [0.15, 0.2) is 48.5 Å². The summed E-state index contributed by atoms with van der Waals surface area (Å²) >= 11 is 0. The lowest BCUT2D eigenvalue weighted by Crippen LogP contribution is -2.29. The lowest BCUT2D eigenvalue weighted by atomic mass is 10.1. The SMILES string of the molecule is CCc1ccccc1N1CC(C(=O)Nc2nc3ccccc3n2CC)CC1=O. The highest BCUT2D eigenvalue weighted by Crippen LogP contribution is 2.29. The number of carbonyl (C=O) groups is 2. The number of rotatable bonds is 5. The quantitative estimate of drug-likeness (QED) is 0.740. The smallest absolute Gasteiger partial charge is 0.232 e. The molecule has 2 amide bonds. The van der Waals surface area contributed by atoms with E-state index in [9.17, 15) is 9.59 Å². The molecule has 1 aromatic heterocycles. The van der Waals surface area contributed by atoms with Gasteiger partial charge >= 0.3 is 0 Å². The van der Waals surface area contributed by atoms with Crippen LogP contribution in [0.3, 0.4) is 0 Å². The normalized spacial score (nSPS) is 16.7. The van der Waals surface area contributed by atoms with E-state index in [1.807, 2.05) is 60.0 Å². The second kappa shape index (κ2) is 7.46. The molecular weight excluding hydrogens is 352 g/mol. The van der Waals surface area contributed by atoms with Crippen LogP contribution in [0.4, 0.5) is 11.6 Å². The predicted molar refractivity (Wildman–Crippen MR) is 110 cm³/mol. The Morgan fingerprint density at radius 1 is 1.14 bits per heavy atom. The summed E-state index contributed by atoms with van der Waals surface area (Å²) in [5.74, 6) is -0.0176. The van der Waals surface area contributed by atoms with E-state index in [2.05, 4.69) is 17.2 Å². The van der Waals surface area contributed by atoms with Crippen LogP contribution in [0.25, 0.3) is 11.0 Å². The number of aryl methyl sites for hydroxylation is 2. The lowest BCUT2D eigenvalue weighted by Gasteiger charge is -2.20. The number of hydrogen-bond donors (Lipinski definition) is 1. The minimum absolute atomic E-state index is 0.00922. The Kier molecular flexibility index (Phi) is 4.86. The number of nitrogens with one attached hydrogen (secondary N) is 1. The Balaban J connectivity index is 1.54. The van der Waals surface area contributed by atoms with Crippen molar-refractivity contribution in [2.75, 3.05) is 16.8 Å². The van der Waals surface area contributed by atoms with Gasteiger partial charge in [-0.1, -0.05) is 37.3 Å². The van der Waals surface area contributed by atoms with Crippen molar-refractivity contribution in [3.63, 3.8) is 0 Å². The minimum Gasteiger partial charge on any atom is -0.311 e. The number of imidazole rings is 1. The van der Waals surface area contributed by atoms with E-state index in [1.54, 1.807) is 4.90 Å². The van der Waals surface area contributed by atoms with Gasteiger partial charge in [-0.25, -0.2) is 4.98 Å². The van der Waals surface area contributed by atoms with Crippen LogP contribution >= 0.6 is 0 Å². The molecule has 2 aromatic carbocycles. The van der Waals surface area contributed by atoms with Gasteiger partial charge in [-0.3, -0.25) is 14.9 Å². The lowest BCUT2D eigenvalue weighted by molar-refractivity contribution is -0.122. The molecule has 0 bridgehead atoms. The van der Waals surface area contributed by atoms with Crippen LogP contribution in [-0.4, -0.2) is 27.9 Å². The molecule has 1 aliphatic rings. The summed E-state index contributed by atoms with van der Waals surface area (Å²) in [6.45, 7) is 5.19. The maximum absolute atomic E-state index is 12.9. The number of amides is 2. The van der Waals surface area contributed by atoms with E-state index < -0.39 is 0 Å². The van der Waals surface area contributed by atoms with Crippen molar-refractivity contribution in [3.8, 4) is 0 Å². The molecule has 1 aliphatic heterocycles. The molecule has 1 unspecified atom stereocenters. The molecule has 1 atom stereocenters. The highest BCUT2D eigenvalue weighted by Gasteiger charge is 2.36. The van der Waals surface area contributed by atoms with Crippen LogP contribution in [0, 0.1) is 5.92 Å². The number of para-hydroxylation sites is 3. The van der Waals surface area contributed by atoms with E-state index in [1.165, 1.54) is 0 Å². The summed E-state index contributed by atoms with van der Waals surface area (Å²) in [6, 6.07) is 15.7. The van der Waals surface area contributed by atoms with Gasteiger partial charge in [0, 0.05) is 25.2 Å². The maximum atomic E-state index is 12.9. The molecule has 4 rings (SSSR count). The summed E-state index contributed by atoms with van der Waals surface area (Å²) in [7, 11) is 0. The number of hydrogen-bond acceptors (Lipinski definition) is 3. The van der Waals surface area contributed by atoms with Crippen molar-refractivity contribution in [2.45, 2.75) is 33.2 Å². The standard InChI is InChI=1S/C22H24N4O2/c1-3-15-9-5-7-11-18(15)26-14-16(13-20(26)27)21(28)24-22-23-17-10-6-8-12-19(17)25(22)4-2/h5-12,16H,3-4,13-14H2,1-2H3,(H,23,24,28). The first-order chi connectivity index (χ1) is 13.6. The summed E-state index contributed by atoms with van der Waals surface area (Å²) in [6.07, 6.45) is 1.06. The molecule has 1 saturated heterocycles. The Morgan fingerprint density at radius 3 is 2.68 bits per heavy atom. The Bertz CT molecular complexity index is 1040. The molecular formula is C22H24N4O2. The van der Waals surface area contributed by atoms with Crippen molar-refractivity contribution in [2.24, 2.45) is 5.92 Å². The topological polar surface area (TPSA) is 67.2 Å². The van der Waals surface area contributed by atoms with Gasteiger partial charge in [-0.15, -0.1) is 0 Å². The summed E-state index contributed by atoms with van der Waals surface area (Å²) in [4.78, 5) is 31.8. The number of fused-ring (bicyclic) bond motifs is 1. The molecule has 2 heterocycles. The van der Waals surface area contributed by atoms with E-state index >= 15 is 0 Å². The number of aromatic nitrogens is 2. The van der Waals surface area contributed by atoms with Gasteiger partial charge in [0.25, 0.3) is 0 Å². The van der Waals surface area contributed by atoms with Gasteiger partial charge in [-0.05, 0) is 37.1 Å². The number of carbonyl (C=O) groups excluding carboxylic acids is 2. The van der Waals surface area contributed by atoms with Crippen LogP contribution in [0.5, 0.6) is 0 Å².